The van der Waals surface area contributed by atoms with Crippen molar-refractivity contribution < 1.29 is 4.74 Å². The van der Waals surface area contributed by atoms with Crippen LogP contribution in [-0.4, -0.2) is 19.3 Å². The van der Waals surface area contributed by atoms with E-state index in [4.69, 9.17) is 11.2 Å². The van der Waals surface area contributed by atoms with Crippen LogP contribution in [0.2, 0.25) is 0 Å². The summed E-state index contributed by atoms with van der Waals surface area (Å²) in [6.45, 7) is 5.56. The molecule has 0 aromatic heterocycles. The highest BCUT2D eigenvalue weighted by atomic mass is 16.5. The second kappa shape index (κ2) is 6.10. The molecule has 2 heteroatoms. The van der Waals surface area contributed by atoms with E-state index in [9.17, 15) is 0 Å². The Morgan fingerprint density at radius 2 is 2.27 bits per heavy atom. The average molecular weight is 203 g/mol. The molecule has 2 nitrogen and oxygen atoms in total. The van der Waals surface area contributed by atoms with Crippen LogP contribution in [0, 0.1) is 12.3 Å². The molecule has 1 N–H and O–H groups in total. The molecule has 0 heterocycles. The van der Waals surface area contributed by atoms with Crippen LogP contribution >= 0.6 is 0 Å². The van der Waals surface area contributed by atoms with Crippen molar-refractivity contribution in [1.82, 2.24) is 0 Å². The van der Waals surface area contributed by atoms with Crippen molar-refractivity contribution in [3.8, 4) is 12.3 Å². The van der Waals surface area contributed by atoms with Gasteiger partial charge in [-0.2, -0.15) is 0 Å². The summed E-state index contributed by atoms with van der Waals surface area (Å²) in [6, 6.07) is 7.81. The highest BCUT2D eigenvalue weighted by Crippen LogP contribution is 2.08. The lowest BCUT2D eigenvalue weighted by molar-refractivity contribution is 0.0870. The van der Waals surface area contributed by atoms with Gasteiger partial charge in [0.1, 0.15) is 0 Å². The van der Waals surface area contributed by atoms with Gasteiger partial charge < -0.3 is 10.1 Å². The van der Waals surface area contributed by atoms with E-state index in [2.05, 4.69) is 11.2 Å². The highest BCUT2D eigenvalue weighted by Gasteiger charge is 1.94. The summed E-state index contributed by atoms with van der Waals surface area (Å²) in [5, 5.41) is 3.25. The summed E-state index contributed by atoms with van der Waals surface area (Å²) >= 11 is 0. The Morgan fingerprint density at radius 1 is 1.47 bits per heavy atom. The Hall–Kier alpha value is -1.46. The maximum Gasteiger partial charge on any atom is 0.0642 e. The standard InChI is InChI=1S/C13H17NO/c1-4-12-6-5-7-13(10-12)14-8-9-15-11(2)3/h1,5-7,10-11,14H,8-9H2,2-3H3. The van der Waals surface area contributed by atoms with Crippen LogP contribution in [0.4, 0.5) is 5.69 Å². The zero-order valence-corrected chi connectivity index (χ0v) is 9.29. The fraction of sp³-hybridized carbons (Fsp3) is 0.385. The number of hydrogen-bond donors (Lipinski definition) is 1. The molecular formula is C13H17NO. The predicted octanol–water partition coefficient (Wildman–Crippen LogP) is 2.50. The Kier molecular flexibility index (Phi) is 4.73. The lowest BCUT2D eigenvalue weighted by Gasteiger charge is -2.09. The number of benzene rings is 1. The molecule has 0 aliphatic rings. The van der Waals surface area contributed by atoms with Gasteiger partial charge in [0.2, 0.25) is 0 Å². The SMILES string of the molecule is C#Cc1cccc(NCCOC(C)C)c1. The Labute approximate surface area is 91.6 Å². The molecule has 0 unspecified atom stereocenters. The quantitative estimate of drug-likeness (QED) is 0.586. The first-order valence-electron chi connectivity index (χ1n) is 5.14. The number of anilines is 1. The van der Waals surface area contributed by atoms with Crippen molar-refractivity contribution in [2.75, 3.05) is 18.5 Å². The second-order valence-electron chi connectivity index (χ2n) is 3.57. The molecule has 0 aliphatic heterocycles. The molecule has 0 radical (unpaired) electrons. The van der Waals surface area contributed by atoms with Crippen molar-refractivity contribution in [3.63, 3.8) is 0 Å². The Morgan fingerprint density at radius 3 is 2.93 bits per heavy atom. The first-order valence-corrected chi connectivity index (χ1v) is 5.14. The van der Waals surface area contributed by atoms with Crippen LogP contribution < -0.4 is 5.32 Å². The number of ether oxygens (including phenoxy) is 1. The van der Waals surface area contributed by atoms with Crippen LogP contribution in [0.3, 0.4) is 0 Å². The van der Waals surface area contributed by atoms with Crippen LogP contribution in [0.1, 0.15) is 19.4 Å². The third-order valence-corrected chi connectivity index (χ3v) is 1.91. The fourth-order valence-electron chi connectivity index (χ4n) is 1.21. The minimum atomic E-state index is 0.281. The maximum atomic E-state index is 5.42. The topological polar surface area (TPSA) is 21.3 Å². The third kappa shape index (κ3) is 4.53. The molecule has 0 bridgehead atoms. The van der Waals surface area contributed by atoms with Gasteiger partial charge in [0, 0.05) is 17.8 Å². The zero-order valence-electron chi connectivity index (χ0n) is 9.29. The fourth-order valence-corrected chi connectivity index (χ4v) is 1.21. The van der Waals surface area contributed by atoms with Gasteiger partial charge in [-0.1, -0.05) is 12.0 Å². The van der Waals surface area contributed by atoms with Gasteiger partial charge in [-0.25, -0.2) is 0 Å². The summed E-state index contributed by atoms with van der Waals surface area (Å²) in [5.74, 6) is 2.60. The Balaban J connectivity index is 2.35. The van der Waals surface area contributed by atoms with E-state index in [1.807, 2.05) is 38.1 Å². The molecule has 80 valence electrons. The molecule has 0 atom stereocenters. The normalized spacial score (nSPS) is 10.0. The summed E-state index contributed by atoms with van der Waals surface area (Å²) in [7, 11) is 0. The molecule has 0 aliphatic carbocycles. The van der Waals surface area contributed by atoms with Crippen molar-refractivity contribution in [2.24, 2.45) is 0 Å². The molecule has 0 spiro atoms. The van der Waals surface area contributed by atoms with Crippen molar-refractivity contribution >= 4 is 5.69 Å². The van der Waals surface area contributed by atoms with Gasteiger partial charge in [-0.3, -0.25) is 0 Å². The number of rotatable bonds is 5. The predicted molar refractivity (Wildman–Crippen MR) is 64.0 cm³/mol. The van der Waals surface area contributed by atoms with Crippen molar-refractivity contribution in [2.45, 2.75) is 20.0 Å². The number of terminal acetylenes is 1. The monoisotopic (exact) mass is 203 g/mol. The van der Waals surface area contributed by atoms with E-state index in [0.717, 1.165) is 17.8 Å². The molecule has 1 aromatic carbocycles. The van der Waals surface area contributed by atoms with Crippen molar-refractivity contribution in [1.29, 1.82) is 0 Å². The Bertz CT molecular complexity index is 339. The molecule has 0 saturated carbocycles. The van der Waals surface area contributed by atoms with E-state index in [-0.39, 0.29) is 6.10 Å². The zero-order chi connectivity index (χ0) is 11.1. The molecule has 1 rings (SSSR count). The average Bonchev–Trinajstić information content (AvgIpc) is 2.24. The highest BCUT2D eigenvalue weighted by molar-refractivity contribution is 5.49. The van der Waals surface area contributed by atoms with E-state index in [1.165, 1.54) is 0 Å². The maximum absolute atomic E-state index is 5.42. The molecule has 0 fully saturated rings. The molecule has 15 heavy (non-hydrogen) atoms. The second-order valence-corrected chi connectivity index (χ2v) is 3.57. The minimum Gasteiger partial charge on any atom is -0.383 e. The first-order chi connectivity index (χ1) is 7.22. The molecule has 1 aromatic rings. The van der Waals surface area contributed by atoms with Crippen LogP contribution in [0.15, 0.2) is 24.3 Å². The van der Waals surface area contributed by atoms with Gasteiger partial charge in [0.05, 0.1) is 12.7 Å². The summed E-state index contributed by atoms with van der Waals surface area (Å²) < 4.78 is 5.42. The van der Waals surface area contributed by atoms with E-state index < -0.39 is 0 Å². The van der Waals surface area contributed by atoms with E-state index in [1.54, 1.807) is 0 Å². The first kappa shape index (κ1) is 11.6. The molecular weight excluding hydrogens is 186 g/mol. The molecule has 0 amide bonds. The van der Waals surface area contributed by atoms with Gasteiger partial charge in [0.25, 0.3) is 0 Å². The third-order valence-electron chi connectivity index (χ3n) is 1.91. The van der Waals surface area contributed by atoms with Crippen LogP contribution in [-0.2, 0) is 4.74 Å². The van der Waals surface area contributed by atoms with Gasteiger partial charge in [-0.15, -0.1) is 6.42 Å². The van der Waals surface area contributed by atoms with Crippen molar-refractivity contribution in [3.05, 3.63) is 29.8 Å². The largest absolute Gasteiger partial charge is 0.383 e. The lowest BCUT2D eigenvalue weighted by atomic mass is 10.2. The van der Waals surface area contributed by atoms with Crippen LogP contribution in [0.25, 0.3) is 0 Å². The molecule has 0 saturated heterocycles. The lowest BCUT2D eigenvalue weighted by Crippen LogP contribution is -2.13. The number of nitrogens with one attached hydrogen (secondary N) is 1. The minimum absolute atomic E-state index is 0.281. The van der Waals surface area contributed by atoms with Gasteiger partial charge >= 0.3 is 0 Å². The van der Waals surface area contributed by atoms with Gasteiger partial charge in [0.15, 0.2) is 0 Å². The van der Waals surface area contributed by atoms with Gasteiger partial charge in [-0.05, 0) is 32.0 Å². The number of hydrogen-bond acceptors (Lipinski definition) is 2. The summed E-state index contributed by atoms with van der Waals surface area (Å²) in [6.07, 6.45) is 5.59. The smallest absolute Gasteiger partial charge is 0.0642 e. The summed E-state index contributed by atoms with van der Waals surface area (Å²) in [4.78, 5) is 0. The summed E-state index contributed by atoms with van der Waals surface area (Å²) in [5.41, 5.74) is 1.93. The van der Waals surface area contributed by atoms with E-state index in [0.29, 0.717) is 6.61 Å². The van der Waals surface area contributed by atoms with E-state index >= 15 is 0 Å². The van der Waals surface area contributed by atoms with Crippen LogP contribution in [0.5, 0.6) is 0 Å².